The molecule has 2 rings (SSSR count). The Balaban J connectivity index is 0.000000845. The highest BCUT2D eigenvalue weighted by molar-refractivity contribution is 5.85. The van der Waals surface area contributed by atoms with Gasteiger partial charge in [0.1, 0.15) is 0 Å². The lowest BCUT2D eigenvalue weighted by atomic mass is 10.0. The van der Waals surface area contributed by atoms with Gasteiger partial charge in [-0.15, -0.1) is 12.4 Å². The van der Waals surface area contributed by atoms with Crippen LogP contribution in [0.4, 0.5) is 0 Å². The largest absolute Gasteiger partial charge is 0.314 e. The SMILES string of the molecule is CC1NCCN(C2CNC2)C1C.Cl. The Morgan fingerprint density at radius 3 is 2.46 bits per heavy atom. The lowest BCUT2D eigenvalue weighted by molar-refractivity contribution is 0.0613. The molecule has 2 N–H and O–H groups in total. The fraction of sp³-hybridized carbons (Fsp3) is 1.00. The molecule has 2 saturated heterocycles. The maximum absolute atomic E-state index is 3.50. The Bertz CT molecular complexity index is 161. The number of piperazine rings is 1. The van der Waals surface area contributed by atoms with Crippen molar-refractivity contribution in [2.45, 2.75) is 32.0 Å². The summed E-state index contributed by atoms with van der Waals surface area (Å²) in [7, 11) is 0. The van der Waals surface area contributed by atoms with Gasteiger partial charge in [0, 0.05) is 44.3 Å². The standard InChI is InChI=1S/C9H19N3.ClH/c1-7-8(2)12(4-3-11-7)9-5-10-6-9;/h7-11H,3-6H2,1-2H3;1H. The molecule has 0 aromatic rings. The highest BCUT2D eigenvalue weighted by atomic mass is 35.5. The molecule has 2 unspecified atom stereocenters. The summed E-state index contributed by atoms with van der Waals surface area (Å²) in [6.07, 6.45) is 0. The molecule has 0 radical (unpaired) electrons. The van der Waals surface area contributed by atoms with Crippen LogP contribution in [0.2, 0.25) is 0 Å². The molecule has 3 nitrogen and oxygen atoms in total. The first-order chi connectivity index (χ1) is 5.79. The van der Waals surface area contributed by atoms with Crippen molar-refractivity contribution in [2.24, 2.45) is 0 Å². The minimum atomic E-state index is 0. The van der Waals surface area contributed by atoms with Crippen molar-refractivity contribution in [3.63, 3.8) is 0 Å². The predicted molar refractivity (Wildman–Crippen MR) is 57.5 cm³/mol. The molecular weight excluding hydrogens is 186 g/mol. The predicted octanol–water partition coefficient (Wildman–Crippen LogP) is 0.0622. The summed E-state index contributed by atoms with van der Waals surface area (Å²) in [6.45, 7) is 9.37. The monoisotopic (exact) mass is 205 g/mol. The third-order valence-corrected chi connectivity index (χ3v) is 3.31. The Morgan fingerprint density at radius 2 is 1.92 bits per heavy atom. The van der Waals surface area contributed by atoms with E-state index in [9.17, 15) is 0 Å². The molecular formula is C9H20ClN3. The van der Waals surface area contributed by atoms with Gasteiger partial charge in [0.2, 0.25) is 0 Å². The molecule has 2 atom stereocenters. The Kier molecular flexibility index (Phi) is 3.98. The first-order valence-corrected chi connectivity index (χ1v) is 4.99. The van der Waals surface area contributed by atoms with Gasteiger partial charge in [-0.1, -0.05) is 0 Å². The molecule has 13 heavy (non-hydrogen) atoms. The number of nitrogens with zero attached hydrogens (tertiary/aromatic N) is 1. The number of rotatable bonds is 1. The van der Waals surface area contributed by atoms with Crippen LogP contribution in [0.1, 0.15) is 13.8 Å². The lowest BCUT2D eigenvalue weighted by Crippen LogP contribution is -2.66. The summed E-state index contributed by atoms with van der Waals surface area (Å²) in [5.74, 6) is 0. The average Bonchev–Trinajstić information content (AvgIpc) is 1.95. The second-order valence-corrected chi connectivity index (χ2v) is 4.03. The minimum Gasteiger partial charge on any atom is -0.314 e. The number of nitrogens with one attached hydrogen (secondary N) is 2. The van der Waals surface area contributed by atoms with E-state index in [1.807, 2.05) is 0 Å². The normalized spacial score (nSPS) is 36.5. The number of hydrogen-bond donors (Lipinski definition) is 2. The van der Waals surface area contributed by atoms with E-state index in [2.05, 4.69) is 29.4 Å². The molecule has 0 saturated carbocycles. The first kappa shape index (κ1) is 11.2. The van der Waals surface area contributed by atoms with Gasteiger partial charge in [0.05, 0.1) is 0 Å². The molecule has 0 spiro atoms. The highest BCUT2D eigenvalue weighted by Gasteiger charge is 2.32. The van der Waals surface area contributed by atoms with Crippen LogP contribution in [-0.4, -0.2) is 49.2 Å². The van der Waals surface area contributed by atoms with Crippen LogP contribution < -0.4 is 10.6 Å². The second kappa shape index (κ2) is 4.60. The van der Waals surface area contributed by atoms with E-state index in [1.165, 1.54) is 19.6 Å². The van der Waals surface area contributed by atoms with Crippen molar-refractivity contribution >= 4 is 12.4 Å². The highest BCUT2D eigenvalue weighted by Crippen LogP contribution is 2.14. The van der Waals surface area contributed by atoms with E-state index >= 15 is 0 Å². The molecule has 0 aromatic carbocycles. The molecule has 2 aliphatic heterocycles. The van der Waals surface area contributed by atoms with Crippen molar-refractivity contribution < 1.29 is 0 Å². The van der Waals surface area contributed by atoms with E-state index in [1.54, 1.807) is 0 Å². The van der Waals surface area contributed by atoms with E-state index in [-0.39, 0.29) is 12.4 Å². The molecule has 2 heterocycles. The van der Waals surface area contributed by atoms with Gasteiger partial charge in [0.15, 0.2) is 0 Å². The zero-order valence-corrected chi connectivity index (χ0v) is 9.23. The van der Waals surface area contributed by atoms with Crippen LogP contribution in [0.25, 0.3) is 0 Å². The van der Waals surface area contributed by atoms with Gasteiger partial charge in [-0.25, -0.2) is 0 Å². The van der Waals surface area contributed by atoms with Crippen LogP contribution in [0, 0.1) is 0 Å². The fourth-order valence-electron chi connectivity index (χ4n) is 2.11. The van der Waals surface area contributed by atoms with Gasteiger partial charge in [0.25, 0.3) is 0 Å². The number of halogens is 1. The van der Waals surface area contributed by atoms with Gasteiger partial charge in [-0.05, 0) is 13.8 Å². The Labute approximate surface area is 86.7 Å². The molecule has 2 aliphatic rings. The van der Waals surface area contributed by atoms with Crippen molar-refractivity contribution in [1.82, 2.24) is 15.5 Å². The maximum Gasteiger partial charge on any atom is 0.0349 e. The van der Waals surface area contributed by atoms with E-state index in [0.717, 1.165) is 12.6 Å². The van der Waals surface area contributed by atoms with Crippen LogP contribution in [-0.2, 0) is 0 Å². The zero-order chi connectivity index (χ0) is 8.55. The van der Waals surface area contributed by atoms with Crippen LogP contribution in [0.15, 0.2) is 0 Å². The average molecular weight is 206 g/mol. The quantitative estimate of drug-likeness (QED) is 0.634. The van der Waals surface area contributed by atoms with E-state index < -0.39 is 0 Å². The third-order valence-electron chi connectivity index (χ3n) is 3.31. The molecule has 0 bridgehead atoms. The van der Waals surface area contributed by atoms with Crippen molar-refractivity contribution in [1.29, 1.82) is 0 Å². The van der Waals surface area contributed by atoms with Gasteiger partial charge >= 0.3 is 0 Å². The Morgan fingerprint density at radius 1 is 1.23 bits per heavy atom. The third kappa shape index (κ3) is 2.15. The summed E-state index contributed by atoms with van der Waals surface area (Å²) in [6, 6.07) is 2.16. The summed E-state index contributed by atoms with van der Waals surface area (Å²) in [4.78, 5) is 2.64. The Hall–Kier alpha value is 0.170. The van der Waals surface area contributed by atoms with Crippen LogP contribution >= 0.6 is 12.4 Å². The van der Waals surface area contributed by atoms with Gasteiger partial charge < -0.3 is 10.6 Å². The molecule has 2 fully saturated rings. The summed E-state index contributed by atoms with van der Waals surface area (Å²) in [5, 5.41) is 6.83. The molecule has 0 amide bonds. The van der Waals surface area contributed by atoms with Crippen LogP contribution in [0.3, 0.4) is 0 Å². The summed E-state index contributed by atoms with van der Waals surface area (Å²) in [5.41, 5.74) is 0. The summed E-state index contributed by atoms with van der Waals surface area (Å²) >= 11 is 0. The maximum atomic E-state index is 3.50. The summed E-state index contributed by atoms with van der Waals surface area (Å²) < 4.78 is 0. The smallest absolute Gasteiger partial charge is 0.0349 e. The lowest BCUT2D eigenvalue weighted by Gasteiger charge is -2.46. The second-order valence-electron chi connectivity index (χ2n) is 4.03. The van der Waals surface area contributed by atoms with Gasteiger partial charge in [-0.3, -0.25) is 4.90 Å². The van der Waals surface area contributed by atoms with Crippen LogP contribution in [0.5, 0.6) is 0 Å². The molecule has 78 valence electrons. The first-order valence-electron chi connectivity index (χ1n) is 4.99. The van der Waals surface area contributed by atoms with E-state index in [0.29, 0.717) is 12.1 Å². The van der Waals surface area contributed by atoms with E-state index in [4.69, 9.17) is 0 Å². The molecule has 0 aliphatic carbocycles. The van der Waals surface area contributed by atoms with Crippen molar-refractivity contribution in [3.8, 4) is 0 Å². The van der Waals surface area contributed by atoms with Crippen molar-refractivity contribution in [3.05, 3.63) is 0 Å². The van der Waals surface area contributed by atoms with Crippen molar-refractivity contribution in [2.75, 3.05) is 26.2 Å². The topological polar surface area (TPSA) is 27.3 Å². The minimum absolute atomic E-state index is 0. The molecule has 0 aromatic heterocycles. The van der Waals surface area contributed by atoms with Gasteiger partial charge in [-0.2, -0.15) is 0 Å². The number of hydrogen-bond acceptors (Lipinski definition) is 3. The fourth-order valence-corrected chi connectivity index (χ4v) is 2.11. The molecule has 4 heteroatoms. The zero-order valence-electron chi connectivity index (χ0n) is 8.42.